The number of rotatable bonds is 5. The third kappa shape index (κ3) is 3.42. The van der Waals surface area contributed by atoms with Crippen LogP contribution in [0.2, 0.25) is 0 Å². The van der Waals surface area contributed by atoms with Gasteiger partial charge in [0.05, 0.1) is 16.1 Å². The molecule has 1 amide bonds. The highest BCUT2D eigenvalue weighted by Crippen LogP contribution is 2.29. The Hall–Kier alpha value is -3.39. The maximum atomic E-state index is 13.1. The van der Waals surface area contributed by atoms with Crippen molar-refractivity contribution in [3.63, 3.8) is 0 Å². The van der Waals surface area contributed by atoms with Crippen LogP contribution in [0.25, 0.3) is 22.2 Å². The Morgan fingerprint density at radius 1 is 1.14 bits per heavy atom. The number of aromatic amines is 1. The molecule has 2 aromatic heterocycles. The number of H-pyrrole nitrogens is 1. The maximum Gasteiger partial charge on any atom is 0.268 e. The first-order valence-corrected chi connectivity index (χ1v) is 10.6. The number of nitrogens with zero attached hydrogens (tertiary/aromatic N) is 2. The van der Waals surface area contributed by atoms with Gasteiger partial charge in [-0.1, -0.05) is 37.3 Å². The van der Waals surface area contributed by atoms with Gasteiger partial charge in [0.2, 0.25) is 11.9 Å². The number of aromatic nitrogens is 3. The minimum atomic E-state index is -3.71. The molecule has 2 N–H and O–H groups in total. The summed E-state index contributed by atoms with van der Waals surface area (Å²) in [5.74, 6) is 0.236. The molecule has 29 heavy (non-hydrogen) atoms. The number of benzene rings is 2. The number of carbonyl (C=O) groups excluding carboxylic acids is 1. The molecular formula is C21H20N4O3S. The summed E-state index contributed by atoms with van der Waals surface area (Å²) >= 11 is 0. The van der Waals surface area contributed by atoms with Gasteiger partial charge in [0.15, 0.2) is 0 Å². The smallest absolute Gasteiger partial charge is 0.268 e. The zero-order valence-electron chi connectivity index (χ0n) is 16.0. The van der Waals surface area contributed by atoms with E-state index < -0.39 is 10.0 Å². The van der Waals surface area contributed by atoms with Gasteiger partial charge in [0.1, 0.15) is 0 Å². The predicted octanol–water partition coefficient (Wildman–Crippen LogP) is 3.93. The van der Waals surface area contributed by atoms with E-state index >= 15 is 0 Å². The minimum Gasteiger partial charge on any atom is -0.328 e. The number of anilines is 1. The van der Waals surface area contributed by atoms with Crippen LogP contribution in [0.15, 0.2) is 65.7 Å². The fraction of sp³-hybridized carbons (Fsp3) is 0.143. The first-order valence-electron chi connectivity index (χ1n) is 9.18. The second kappa shape index (κ2) is 7.21. The van der Waals surface area contributed by atoms with Gasteiger partial charge in [-0.25, -0.2) is 17.4 Å². The summed E-state index contributed by atoms with van der Waals surface area (Å²) in [6.45, 7) is 3.62. The van der Waals surface area contributed by atoms with Gasteiger partial charge < -0.3 is 4.98 Å². The Morgan fingerprint density at radius 2 is 1.90 bits per heavy atom. The van der Waals surface area contributed by atoms with Crippen LogP contribution in [0, 0.1) is 6.92 Å². The van der Waals surface area contributed by atoms with Crippen molar-refractivity contribution in [2.75, 3.05) is 5.32 Å². The van der Waals surface area contributed by atoms with Crippen molar-refractivity contribution in [1.29, 1.82) is 0 Å². The van der Waals surface area contributed by atoms with E-state index in [4.69, 9.17) is 0 Å². The van der Waals surface area contributed by atoms with Gasteiger partial charge >= 0.3 is 0 Å². The molecule has 0 saturated carbocycles. The van der Waals surface area contributed by atoms with Gasteiger partial charge in [-0.15, -0.1) is 0 Å². The Kier molecular flexibility index (Phi) is 4.71. The highest BCUT2D eigenvalue weighted by atomic mass is 32.2. The summed E-state index contributed by atoms with van der Waals surface area (Å²) in [4.78, 5) is 19.4. The Labute approximate surface area is 168 Å². The molecule has 0 saturated heterocycles. The summed E-state index contributed by atoms with van der Waals surface area (Å²) < 4.78 is 27.4. The molecule has 2 heterocycles. The van der Waals surface area contributed by atoms with E-state index in [0.29, 0.717) is 23.6 Å². The first kappa shape index (κ1) is 18.9. The van der Waals surface area contributed by atoms with E-state index in [9.17, 15) is 13.2 Å². The van der Waals surface area contributed by atoms with Gasteiger partial charge in [0.25, 0.3) is 10.0 Å². The second-order valence-corrected chi connectivity index (χ2v) is 8.48. The van der Waals surface area contributed by atoms with Crippen molar-refractivity contribution in [2.45, 2.75) is 25.2 Å². The van der Waals surface area contributed by atoms with Gasteiger partial charge in [-0.2, -0.15) is 0 Å². The zero-order valence-corrected chi connectivity index (χ0v) is 16.8. The molecule has 0 fully saturated rings. The molecule has 0 aliphatic carbocycles. The summed E-state index contributed by atoms with van der Waals surface area (Å²) in [5, 5.41) is 3.51. The number of hydrogen-bond acceptors (Lipinski definition) is 4. The Balaban J connectivity index is 1.80. The van der Waals surface area contributed by atoms with Crippen molar-refractivity contribution in [1.82, 2.24) is 13.9 Å². The molecule has 4 aromatic rings. The standard InChI is InChI=1S/C21H20N4O3S/c1-3-19(26)23-21-22-14(2)20(24-21)16-10-9-15-11-12-25(18(15)13-16)29(27,28)17-7-5-4-6-8-17/h4-13H,3H2,1-2H3,(H2,22,23,24,26). The average molecular weight is 408 g/mol. The normalized spacial score (nSPS) is 11.7. The Morgan fingerprint density at radius 3 is 2.62 bits per heavy atom. The second-order valence-electron chi connectivity index (χ2n) is 6.66. The van der Waals surface area contributed by atoms with Crippen molar-refractivity contribution in [2.24, 2.45) is 0 Å². The molecule has 0 radical (unpaired) electrons. The number of imidazole rings is 1. The van der Waals surface area contributed by atoms with Crippen LogP contribution < -0.4 is 5.32 Å². The molecular weight excluding hydrogens is 388 g/mol. The summed E-state index contributed by atoms with van der Waals surface area (Å²) in [5.41, 5.74) is 2.75. The number of carbonyl (C=O) groups is 1. The van der Waals surface area contributed by atoms with Gasteiger partial charge in [0, 0.05) is 29.3 Å². The zero-order chi connectivity index (χ0) is 20.6. The highest BCUT2D eigenvalue weighted by Gasteiger charge is 2.19. The first-order chi connectivity index (χ1) is 13.9. The fourth-order valence-electron chi connectivity index (χ4n) is 3.19. The molecule has 4 rings (SSSR count). The molecule has 0 bridgehead atoms. The van der Waals surface area contributed by atoms with Crippen molar-refractivity contribution in [3.05, 3.63) is 66.5 Å². The lowest BCUT2D eigenvalue weighted by atomic mass is 10.1. The third-order valence-corrected chi connectivity index (χ3v) is 6.40. The number of aryl methyl sites for hydroxylation is 1. The van der Waals surface area contributed by atoms with E-state index in [1.807, 2.05) is 19.1 Å². The Bertz CT molecular complexity index is 1300. The lowest BCUT2D eigenvalue weighted by Gasteiger charge is -2.08. The summed E-state index contributed by atoms with van der Waals surface area (Å²) in [6, 6.07) is 15.6. The van der Waals surface area contributed by atoms with E-state index in [1.165, 1.54) is 3.97 Å². The molecule has 0 atom stereocenters. The number of amides is 1. The van der Waals surface area contributed by atoms with Crippen LogP contribution in [0.5, 0.6) is 0 Å². The van der Waals surface area contributed by atoms with Crippen LogP contribution in [0.3, 0.4) is 0 Å². The fourth-order valence-corrected chi connectivity index (χ4v) is 4.55. The van der Waals surface area contributed by atoms with Crippen LogP contribution in [-0.2, 0) is 14.8 Å². The molecule has 0 unspecified atom stereocenters. The van der Waals surface area contributed by atoms with E-state index in [0.717, 1.165) is 16.6 Å². The maximum absolute atomic E-state index is 13.1. The van der Waals surface area contributed by atoms with E-state index in [1.54, 1.807) is 55.6 Å². The number of nitrogens with one attached hydrogen (secondary N) is 2. The molecule has 0 aliphatic rings. The van der Waals surface area contributed by atoms with Crippen LogP contribution >= 0.6 is 0 Å². The van der Waals surface area contributed by atoms with Gasteiger partial charge in [-0.3, -0.25) is 10.1 Å². The SMILES string of the molecule is CCC(=O)Nc1nc(-c2ccc3ccn(S(=O)(=O)c4ccccc4)c3c2)c(C)[nH]1. The van der Waals surface area contributed by atoms with Crippen molar-refractivity contribution >= 4 is 32.8 Å². The van der Waals surface area contributed by atoms with E-state index in [-0.39, 0.29) is 10.8 Å². The molecule has 0 spiro atoms. The summed E-state index contributed by atoms with van der Waals surface area (Å²) in [6.07, 6.45) is 1.91. The molecule has 7 nitrogen and oxygen atoms in total. The third-order valence-electron chi connectivity index (χ3n) is 4.69. The molecule has 8 heteroatoms. The minimum absolute atomic E-state index is 0.136. The van der Waals surface area contributed by atoms with Gasteiger partial charge in [-0.05, 0) is 31.2 Å². The van der Waals surface area contributed by atoms with Crippen LogP contribution in [-0.4, -0.2) is 28.3 Å². The average Bonchev–Trinajstić information content (AvgIpc) is 3.31. The van der Waals surface area contributed by atoms with Crippen molar-refractivity contribution < 1.29 is 13.2 Å². The highest BCUT2D eigenvalue weighted by molar-refractivity contribution is 7.90. The molecule has 148 valence electrons. The topological polar surface area (TPSA) is 96.8 Å². The van der Waals surface area contributed by atoms with Crippen LogP contribution in [0.4, 0.5) is 5.95 Å². The van der Waals surface area contributed by atoms with Crippen molar-refractivity contribution in [3.8, 4) is 11.3 Å². The molecule has 0 aliphatic heterocycles. The number of fused-ring (bicyclic) bond motifs is 1. The lowest BCUT2D eigenvalue weighted by Crippen LogP contribution is -2.11. The largest absolute Gasteiger partial charge is 0.328 e. The monoisotopic (exact) mass is 408 g/mol. The predicted molar refractivity (Wildman–Crippen MR) is 112 cm³/mol. The number of hydrogen-bond donors (Lipinski definition) is 2. The quantitative estimate of drug-likeness (QED) is 0.523. The molecule has 2 aromatic carbocycles. The van der Waals surface area contributed by atoms with Crippen LogP contribution in [0.1, 0.15) is 19.0 Å². The van der Waals surface area contributed by atoms with E-state index in [2.05, 4.69) is 15.3 Å². The summed E-state index contributed by atoms with van der Waals surface area (Å²) in [7, 11) is -3.71. The lowest BCUT2D eigenvalue weighted by molar-refractivity contribution is -0.115.